The zero-order valence-electron chi connectivity index (χ0n) is 11.2. The first-order valence-corrected chi connectivity index (χ1v) is 7.74. The van der Waals surface area contributed by atoms with Crippen LogP contribution in [0.1, 0.15) is 17.1 Å². The van der Waals surface area contributed by atoms with Crippen LogP contribution in [-0.2, 0) is 23.0 Å². The van der Waals surface area contributed by atoms with E-state index in [1.54, 1.807) is 31.2 Å². The standard InChI is InChI=1S/C14H17NO4S/c1-11-2-5-13(19-11)10-15-20(17,18)14-6-3-12(4-7-14)8-9-16/h2-7,15-16H,8-10H2,1H3. The molecule has 0 aliphatic carbocycles. The molecule has 1 heterocycles. The highest BCUT2D eigenvalue weighted by molar-refractivity contribution is 7.89. The fraction of sp³-hybridized carbons (Fsp3) is 0.286. The van der Waals surface area contributed by atoms with Gasteiger partial charge in [0.1, 0.15) is 11.5 Å². The summed E-state index contributed by atoms with van der Waals surface area (Å²) < 4.78 is 32.0. The van der Waals surface area contributed by atoms with E-state index in [0.717, 1.165) is 11.3 Å². The number of furan rings is 1. The molecule has 2 rings (SSSR count). The van der Waals surface area contributed by atoms with E-state index in [9.17, 15) is 8.42 Å². The molecule has 2 N–H and O–H groups in total. The van der Waals surface area contributed by atoms with Gasteiger partial charge >= 0.3 is 0 Å². The Morgan fingerprint density at radius 1 is 1.15 bits per heavy atom. The van der Waals surface area contributed by atoms with Gasteiger partial charge in [-0.1, -0.05) is 12.1 Å². The maximum Gasteiger partial charge on any atom is 0.240 e. The van der Waals surface area contributed by atoms with Crippen molar-refractivity contribution in [2.45, 2.75) is 24.8 Å². The number of aliphatic hydroxyl groups is 1. The second-order valence-electron chi connectivity index (χ2n) is 4.45. The van der Waals surface area contributed by atoms with Crippen LogP contribution in [0.4, 0.5) is 0 Å². The largest absolute Gasteiger partial charge is 0.465 e. The van der Waals surface area contributed by atoms with Gasteiger partial charge in [-0.25, -0.2) is 13.1 Å². The molecule has 20 heavy (non-hydrogen) atoms. The van der Waals surface area contributed by atoms with Crippen molar-refractivity contribution in [1.82, 2.24) is 4.72 Å². The van der Waals surface area contributed by atoms with E-state index in [-0.39, 0.29) is 18.0 Å². The zero-order valence-corrected chi connectivity index (χ0v) is 12.0. The van der Waals surface area contributed by atoms with Gasteiger partial charge in [0.05, 0.1) is 11.4 Å². The van der Waals surface area contributed by atoms with Crippen molar-refractivity contribution in [2.24, 2.45) is 0 Å². The van der Waals surface area contributed by atoms with Gasteiger partial charge in [-0.3, -0.25) is 0 Å². The molecule has 0 amide bonds. The number of aliphatic hydroxyl groups excluding tert-OH is 1. The number of benzene rings is 1. The predicted octanol–water partition coefficient (Wildman–Crippen LogP) is 1.60. The van der Waals surface area contributed by atoms with Crippen LogP contribution in [0.5, 0.6) is 0 Å². The van der Waals surface area contributed by atoms with Gasteiger partial charge in [0.15, 0.2) is 0 Å². The second-order valence-corrected chi connectivity index (χ2v) is 6.22. The Bertz CT molecular complexity index is 659. The molecule has 0 fully saturated rings. The van der Waals surface area contributed by atoms with Gasteiger partial charge < -0.3 is 9.52 Å². The predicted molar refractivity (Wildman–Crippen MR) is 74.7 cm³/mol. The maximum absolute atomic E-state index is 12.1. The molecular weight excluding hydrogens is 278 g/mol. The first-order chi connectivity index (χ1) is 9.51. The van der Waals surface area contributed by atoms with Crippen molar-refractivity contribution in [3.05, 3.63) is 53.5 Å². The number of hydrogen-bond acceptors (Lipinski definition) is 4. The van der Waals surface area contributed by atoms with Crippen LogP contribution in [0.3, 0.4) is 0 Å². The fourth-order valence-corrected chi connectivity index (χ4v) is 2.79. The van der Waals surface area contributed by atoms with E-state index in [2.05, 4.69) is 4.72 Å². The summed E-state index contributed by atoms with van der Waals surface area (Å²) in [4.78, 5) is 0.197. The van der Waals surface area contributed by atoms with E-state index < -0.39 is 10.0 Å². The van der Waals surface area contributed by atoms with Gasteiger partial charge in [0.2, 0.25) is 10.0 Å². The summed E-state index contributed by atoms with van der Waals surface area (Å²) in [6.07, 6.45) is 0.513. The topological polar surface area (TPSA) is 79.5 Å². The van der Waals surface area contributed by atoms with Gasteiger partial charge in [-0.15, -0.1) is 0 Å². The number of sulfonamides is 1. The Hall–Kier alpha value is -1.63. The molecule has 5 nitrogen and oxygen atoms in total. The van der Waals surface area contributed by atoms with Gasteiger partial charge in [0, 0.05) is 6.61 Å². The molecule has 6 heteroatoms. The summed E-state index contributed by atoms with van der Waals surface area (Å²) in [5.41, 5.74) is 0.896. The van der Waals surface area contributed by atoms with E-state index >= 15 is 0 Å². The average Bonchev–Trinajstić information content (AvgIpc) is 2.84. The highest BCUT2D eigenvalue weighted by atomic mass is 32.2. The smallest absolute Gasteiger partial charge is 0.240 e. The number of nitrogens with one attached hydrogen (secondary N) is 1. The van der Waals surface area contributed by atoms with Crippen molar-refractivity contribution in [3.63, 3.8) is 0 Å². The van der Waals surface area contributed by atoms with Gasteiger partial charge in [-0.05, 0) is 43.2 Å². The zero-order chi connectivity index (χ0) is 14.6. The highest BCUT2D eigenvalue weighted by Gasteiger charge is 2.14. The van der Waals surface area contributed by atoms with Crippen LogP contribution in [0.15, 0.2) is 45.7 Å². The number of rotatable bonds is 6. The lowest BCUT2D eigenvalue weighted by Crippen LogP contribution is -2.23. The first-order valence-electron chi connectivity index (χ1n) is 6.26. The van der Waals surface area contributed by atoms with Crippen molar-refractivity contribution >= 4 is 10.0 Å². The summed E-state index contributed by atoms with van der Waals surface area (Å²) in [7, 11) is -3.55. The average molecular weight is 295 g/mol. The third kappa shape index (κ3) is 3.69. The minimum absolute atomic E-state index is 0.0438. The van der Waals surface area contributed by atoms with E-state index in [1.807, 2.05) is 0 Å². The Kier molecular flexibility index (Phi) is 4.59. The van der Waals surface area contributed by atoms with Crippen LogP contribution < -0.4 is 4.72 Å². The van der Waals surface area contributed by atoms with Crippen LogP contribution in [0.2, 0.25) is 0 Å². The van der Waals surface area contributed by atoms with Crippen LogP contribution in [0.25, 0.3) is 0 Å². The molecule has 0 saturated carbocycles. The summed E-state index contributed by atoms with van der Waals surface area (Å²) in [5.74, 6) is 1.32. The van der Waals surface area contributed by atoms with E-state index in [0.29, 0.717) is 12.2 Å². The lowest BCUT2D eigenvalue weighted by atomic mass is 10.2. The van der Waals surface area contributed by atoms with Crippen LogP contribution >= 0.6 is 0 Å². The monoisotopic (exact) mass is 295 g/mol. The molecule has 0 saturated heterocycles. The summed E-state index contributed by atoms with van der Waals surface area (Å²) in [5, 5.41) is 8.82. The lowest BCUT2D eigenvalue weighted by molar-refractivity contribution is 0.299. The number of hydrogen-bond donors (Lipinski definition) is 2. The first kappa shape index (κ1) is 14.8. The quantitative estimate of drug-likeness (QED) is 0.848. The molecule has 0 spiro atoms. The van der Waals surface area contributed by atoms with Gasteiger partial charge in [0.25, 0.3) is 0 Å². The van der Waals surface area contributed by atoms with Crippen molar-refractivity contribution in [1.29, 1.82) is 0 Å². The molecule has 0 aliphatic heterocycles. The minimum atomic E-state index is -3.55. The second kappa shape index (κ2) is 6.21. The fourth-order valence-electron chi connectivity index (χ4n) is 1.79. The summed E-state index contributed by atoms with van der Waals surface area (Å²) in [6.45, 7) is 1.97. The van der Waals surface area contributed by atoms with Crippen molar-refractivity contribution < 1.29 is 17.9 Å². The Morgan fingerprint density at radius 3 is 2.40 bits per heavy atom. The van der Waals surface area contributed by atoms with E-state index in [4.69, 9.17) is 9.52 Å². The molecule has 1 aromatic heterocycles. The van der Waals surface area contributed by atoms with Crippen LogP contribution in [0, 0.1) is 6.92 Å². The maximum atomic E-state index is 12.1. The number of aryl methyl sites for hydroxylation is 1. The van der Waals surface area contributed by atoms with Crippen molar-refractivity contribution in [3.8, 4) is 0 Å². The molecule has 0 atom stereocenters. The lowest BCUT2D eigenvalue weighted by Gasteiger charge is -2.06. The Morgan fingerprint density at radius 2 is 1.85 bits per heavy atom. The van der Waals surface area contributed by atoms with Crippen molar-refractivity contribution in [2.75, 3.05) is 6.61 Å². The Balaban J connectivity index is 2.05. The molecule has 0 unspecified atom stereocenters. The summed E-state index contributed by atoms with van der Waals surface area (Å²) >= 11 is 0. The molecule has 0 aliphatic rings. The molecule has 0 bridgehead atoms. The molecular formula is C14H17NO4S. The Labute approximate surface area is 118 Å². The minimum Gasteiger partial charge on any atom is -0.465 e. The third-order valence-electron chi connectivity index (χ3n) is 2.87. The molecule has 0 radical (unpaired) electrons. The van der Waals surface area contributed by atoms with E-state index in [1.165, 1.54) is 12.1 Å². The van der Waals surface area contributed by atoms with Crippen LogP contribution in [-0.4, -0.2) is 20.1 Å². The third-order valence-corrected chi connectivity index (χ3v) is 4.28. The summed E-state index contributed by atoms with van der Waals surface area (Å²) in [6, 6.07) is 9.97. The van der Waals surface area contributed by atoms with Gasteiger partial charge in [-0.2, -0.15) is 0 Å². The molecule has 108 valence electrons. The molecule has 2 aromatic rings. The molecule has 1 aromatic carbocycles. The normalized spacial score (nSPS) is 11.7. The highest BCUT2D eigenvalue weighted by Crippen LogP contribution is 2.12. The SMILES string of the molecule is Cc1ccc(CNS(=O)(=O)c2ccc(CCO)cc2)o1.